The van der Waals surface area contributed by atoms with E-state index in [0.29, 0.717) is 41.9 Å². The lowest BCUT2D eigenvalue weighted by atomic mass is 10.2. The second-order valence-electron chi connectivity index (χ2n) is 5.89. The van der Waals surface area contributed by atoms with Crippen molar-refractivity contribution in [2.24, 2.45) is 0 Å². The van der Waals surface area contributed by atoms with Crippen molar-refractivity contribution in [2.75, 3.05) is 26.4 Å². The van der Waals surface area contributed by atoms with Crippen LogP contribution < -0.4 is 25.6 Å². The average molecular weight is 486 g/mol. The fourth-order valence-electron chi connectivity index (χ4n) is 2.19. The summed E-state index contributed by atoms with van der Waals surface area (Å²) in [6.07, 6.45) is 0. The van der Waals surface area contributed by atoms with Crippen LogP contribution in [0.4, 0.5) is 0 Å². The highest BCUT2D eigenvalue weighted by molar-refractivity contribution is 7.80. The smallest absolute Gasteiger partial charge is 0.276 e. The van der Waals surface area contributed by atoms with Crippen LogP contribution in [0.2, 0.25) is 10.0 Å². The summed E-state index contributed by atoms with van der Waals surface area (Å²) >= 11 is 16.8. The number of halogens is 2. The standard InChI is InChI=1S/C20H21Cl2N3O5S/c1-2-28-8-9-29-15-5-3-4-13(10-15)19(27)23-20(31)25-24-18(26)12-30-17-7-6-14(21)11-16(17)22/h3-7,10-11H,2,8-9,12H2,1H3,(H,24,26)(H2,23,25,27,31). The Morgan fingerprint density at radius 1 is 1.03 bits per heavy atom. The van der Waals surface area contributed by atoms with Crippen LogP contribution in [0.1, 0.15) is 17.3 Å². The maximum absolute atomic E-state index is 12.3. The van der Waals surface area contributed by atoms with E-state index in [1.54, 1.807) is 36.4 Å². The molecule has 0 aliphatic carbocycles. The van der Waals surface area contributed by atoms with E-state index in [9.17, 15) is 9.59 Å². The van der Waals surface area contributed by atoms with Crippen molar-refractivity contribution in [3.05, 3.63) is 58.1 Å². The third-order valence-electron chi connectivity index (χ3n) is 3.59. The van der Waals surface area contributed by atoms with Gasteiger partial charge in [-0.2, -0.15) is 0 Å². The maximum Gasteiger partial charge on any atom is 0.276 e. The van der Waals surface area contributed by atoms with E-state index in [4.69, 9.17) is 49.6 Å². The molecular weight excluding hydrogens is 465 g/mol. The van der Waals surface area contributed by atoms with Crippen molar-refractivity contribution in [2.45, 2.75) is 6.92 Å². The number of rotatable bonds is 9. The monoisotopic (exact) mass is 485 g/mol. The largest absolute Gasteiger partial charge is 0.491 e. The molecule has 0 aliphatic rings. The van der Waals surface area contributed by atoms with Gasteiger partial charge in [-0.25, -0.2) is 0 Å². The van der Waals surface area contributed by atoms with E-state index < -0.39 is 11.8 Å². The summed E-state index contributed by atoms with van der Waals surface area (Å²) in [5.74, 6) is -0.170. The zero-order valence-electron chi connectivity index (χ0n) is 16.6. The summed E-state index contributed by atoms with van der Waals surface area (Å²) in [7, 11) is 0. The number of nitrogens with one attached hydrogen (secondary N) is 3. The van der Waals surface area contributed by atoms with Gasteiger partial charge < -0.3 is 14.2 Å². The molecule has 0 spiro atoms. The number of ether oxygens (including phenoxy) is 3. The maximum atomic E-state index is 12.3. The molecule has 0 radical (unpaired) electrons. The molecule has 31 heavy (non-hydrogen) atoms. The normalized spacial score (nSPS) is 10.2. The Balaban J connectivity index is 1.75. The predicted octanol–water partition coefficient (Wildman–Crippen LogP) is 3.12. The summed E-state index contributed by atoms with van der Waals surface area (Å²) in [5, 5.41) is 3.09. The summed E-state index contributed by atoms with van der Waals surface area (Å²) in [6.45, 7) is 3.00. The lowest BCUT2D eigenvalue weighted by molar-refractivity contribution is -0.123. The molecule has 2 amide bonds. The molecule has 0 aliphatic heterocycles. The van der Waals surface area contributed by atoms with Gasteiger partial charge in [0, 0.05) is 17.2 Å². The minimum atomic E-state index is -0.535. The number of amides is 2. The summed E-state index contributed by atoms with van der Waals surface area (Å²) < 4.78 is 16.0. The zero-order chi connectivity index (χ0) is 22.6. The van der Waals surface area contributed by atoms with Gasteiger partial charge in [0.15, 0.2) is 11.7 Å². The lowest BCUT2D eigenvalue weighted by Gasteiger charge is -2.12. The van der Waals surface area contributed by atoms with Crippen LogP contribution in [0.25, 0.3) is 0 Å². The van der Waals surface area contributed by atoms with Gasteiger partial charge in [0.25, 0.3) is 11.8 Å². The van der Waals surface area contributed by atoms with Crippen molar-refractivity contribution < 1.29 is 23.8 Å². The van der Waals surface area contributed by atoms with Gasteiger partial charge in [-0.3, -0.25) is 25.8 Å². The number of hydrazine groups is 1. The van der Waals surface area contributed by atoms with Crippen molar-refractivity contribution in [3.63, 3.8) is 0 Å². The topological polar surface area (TPSA) is 97.9 Å². The van der Waals surface area contributed by atoms with Crippen LogP contribution in [0.3, 0.4) is 0 Å². The molecule has 2 rings (SSSR count). The molecular formula is C20H21Cl2N3O5S. The van der Waals surface area contributed by atoms with Crippen LogP contribution in [-0.2, 0) is 9.53 Å². The number of carbonyl (C=O) groups is 2. The molecule has 166 valence electrons. The molecule has 0 atom stereocenters. The molecule has 3 N–H and O–H groups in total. The third-order valence-corrected chi connectivity index (χ3v) is 4.33. The number of thiocarbonyl (C=S) groups is 1. The first-order valence-electron chi connectivity index (χ1n) is 9.17. The Bertz CT molecular complexity index is 929. The van der Waals surface area contributed by atoms with Crippen LogP contribution in [0.5, 0.6) is 11.5 Å². The first kappa shape index (κ1) is 24.7. The van der Waals surface area contributed by atoms with E-state index >= 15 is 0 Å². The Kier molecular flexibility index (Phi) is 10.3. The SMILES string of the molecule is CCOCCOc1cccc(C(=O)NC(=S)NNC(=O)COc2ccc(Cl)cc2Cl)c1. The summed E-state index contributed by atoms with van der Waals surface area (Å²) in [6, 6.07) is 11.2. The van der Waals surface area contributed by atoms with E-state index in [0.717, 1.165) is 0 Å². The number of hydrogen-bond acceptors (Lipinski definition) is 6. The first-order valence-corrected chi connectivity index (χ1v) is 10.3. The fraction of sp³-hybridized carbons (Fsp3) is 0.250. The van der Waals surface area contributed by atoms with Gasteiger partial charge in [-0.05, 0) is 55.5 Å². The van der Waals surface area contributed by atoms with Crippen molar-refractivity contribution in [3.8, 4) is 11.5 Å². The van der Waals surface area contributed by atoms with Crippen molar-refractivity contribution >= 4 is 52.3 Å². The van der Waals surface area contributed by atoms with Gasteiger partial charge in [-0.15, -0.1) is 0 Å². The lowest BCUT2D eigenvalue weighted by Crippen LogP contribution is -2.49. The molecule has 0 bridgehead atoms. The highest BCUT2D eigenvalue weighted by atomic mass is 35.5. The highest BCUT2D eigenvalue weighted by Crippen LogP contribution is 2.27. The van der Waals surface area contributed by atoms with Gasteiger partial charge in [0.05, 0.1) is 11.6 Å². The molecule has 0 unspecified atom stereocenters. The van der Waals surface area contributed by atoms with Crippen molar-refractivity contribution in [1.29, 1.82) is 0 Å². The summed E-state index contributed by atoms with van der Waals surface area (Å²) in [4.78, 5) is 24.2. The van der Waals surface area contributed by atoms with Crippen LogP contribution in [-0.4, -0.2) is 43.4 Å². The molecule has 0 fully saturated rings. The highest BCUT2D eigenvalue weighted by Gasteiger charge is 2.11. The Hall–Kier alpha value is -2.59. The minimum Gasteiger partial charge on any atom is -0.491 e. The Morgan fingerprint density at radius 3 is 2.58 bits per heavy atom. The molecule has 8 nitrogen and oxygen atoms in total. The molecule has 0 saturated heterocycles. The average Bonchev–Trinajstić information content (AvgIpc) is 2.75. The molecule has 0 heterocycles. The van der Waals surface area contributed by atoms with Gasteiger partial charge in [-0.1, -0.05) is 29.3 Å². The van der Waals surface area contributed by atoms with Gasteiger partial charge >= 0.3 is 0 Å². The fourth-order valence-corrected chi connectivity index (χ4v) is 2.80. The van der Waals surface area contributed by atoms with Gasteiger partial charge in [0.2, 0.25) is 0 Å². The second kappa shape index (κ2) is 13.0. The van der Waals surface area contributed by atoms with Crippen molar-refractivity contribution in [1.82, 2.24) is 16.2 Å². The van der Waals surface area contributed by atoms with Gasteiger partial charge in [0.1, 0.15) is 18.1 Å². The quantitative estimate of drug-likeness (QED) is 0.285. The molecule has 0 aromatic heterocycles. The number of hydrogen-bond donors (Lipinski definition) is 3. The van der Waals surface area contributed by atoms with Crippen LogP contribution in [0, 0.1) is 0 Å². The predicted molar refractivity (Wildman–Crippen MR) is 122 cm³/mol. The summed E-state index contributed by atoms with van der Waals surface area (Å²) in [5.41, 5.74) is 5.08. The second-order valence-corrected chi connectivity index (χ2v) is 7.14. The Labute approximate surface area is 195 Å². The van der Waals surface area contributed by atoms with E-state index in [2.05, 4.69) is 16.2 Å². The number of benzene rings is 2. The van der Waals surface area contributed by atoms with Crippen LogP contribution in [0.15, 0.2) is 42.5 Å². The number of carbonyl (C=O) groups excluding carboxylic acids is 2. The molecule has 11 heteroatoms. The van der Waals surface area contributed by atoms with E-state index in [1.165, 1.54) is 6.07 Å². The zero-order valence-corrected chi connectivity index (χ0v) is 18.9. The van der Waals surface area contributed by atoms with Crippen LogP contribution >= 0.6 is 35.4 Å². The first-order chi connectivity index (χ1) is 14.9. The molecule has 0 saturated carbocycles. The Morgan fingerprint density at radius 2 is 1.84 bits per heavy atom. The van der Waals surface area contributed by atoms with E-state index in [1.807, 2.05) is 6.92 Å². The third kappa shape index (κ3) is 8.97. The van der Waals surface area contributed by atoms with E-state index in [-0.39, 0.29) is 16.7 Å². The molecule has 2 aromatic rings. The molecule has 2 aromatic carbocycles. The minimum absolute atomic E-state index is 0.0921.